The molecule has 0 radical (unpaired) electrons. The van der Waals surface area contributed by atoms with Crippen LogP contribution in [0.5, 0.6) is 0 Å². The second-order valence-electron chi connectivity index (χ2n) is 4.12. The summed E-state index contributed by atoms with van der Waals surface area (Å²) in [4.78, 5) is 5.95. The molecule has 0 amide bonds. The van der Waals surface area contributed by atoms with Crippen LogP contribution < -0.4 is 5.32 Å². The van der Waals surface area contributed by atoms with Crippen molar-refractivity contribution in [3.63, 3.8) is 0 Å². The Bertz CT molecular complexity index is 400. The van der Waals surface area contributed by atoms with Crippen molar-refractivity contribution in [1.29, 1.82) is 0 Å². The molecule has 106 valence electrons. The van der Waals surface area contributed by atoms with Gasteiger partial charge in [-0.25, -0.2) is 4.39 Å². The highest BCUT2D eigenvalue weighted by molar-refractivity contribution is 9.10. The fourth-order valence-electron chi connectivity index (χ4n) is 1.96. The predicted molar refractivity (Wildman–Crippen MR) is 82.0 cm³/mol. The number of piperidine rings is 1. The lowest BCUT2D eigenvalue weighted by Crippen LogP contribution is -2.45. The Kier molecular flexibility index (Phi) is 6.84. The van der Waals surface area contributed by atoms with Gasteiger partial charge in [-0.3, -0.25) is 4.98 Å². The first kappa shape index (κ1) is 16.0. The molecule has 1 aliphatic rings. The van der Waals surface area contributed by atoms with Crippen LogP contribution in [0.1, 0.15) is 20.3 Å². The first-order valence-electron chi connectivity index (χ1n) is 6.57. The standard InChI is InChI=1S/C12H15BrFN3.C2H6/c1-2-17-4-3-12(11(14)8-17)16-10-5-9(13)6-15-7-10;1-2/h2,5-7,11-12,16H,1,3-4,8H2;1-2H3. The molecular formula is C14H21BrFN3. The summed E-state index contributed by atoms with van der Waals surface area (Å²) in [6, 6.07) is 1.75. The number of alkyl halides is 1. The Morgan fingerprint density at radius 2 is 2.26 bits per heavy atom. The summed E-state index contributed by atoms with van der Waals surface area (Å²) in [5.41, 5.74) is 0.846. The van der Waals surface area contributed by atoms with Gasteiger partial charge in [-0.2, -0.15) is 0 Å². The molecule has 0 bridgehead atoms. The minimum atomic E-state index is -0.888. The molecule has 0 saturated carbocycles. The molecule has 1 aromatic heterocycles. The maximum Gasteiger partial charge on any atom is 0.137 e. The Morgan fingerprint density at radius 1 is 1.53 bits per heavy atom. The van der Waals surface area contributed by atoms with Crippen LogP contribution in [0.3, 0.4) is 0 Å². The highest BCUT2D eigenvalue weighted by atomic mass is 79.9. The Hall–Kier alpha value is -1.10. The molecule has 1 saturated heterocycles. The number of nitrogens with one attached hydrogen (secondary N) is 1. The number of likely N-dealkylation sites (tertiary alicyclic amines) is 1. The number of pyridine rings is 1. The average molecular weight is 330 g/mol. The summed E-state index contributed by atoms with van der Waals surface area (Å²) in [5, 5.41) is 3.19. The molecule has 0 aliphatic carbocycles. The zero-order chi connectivity index (χ0) is 14.3. The highest BCUT2D eigenvalue weighted by Crippen LogP contribution is 2.20. The molecule has 1 fully saturated rings. The lowest BCUT2D eigenvalue weighted by molar-refractivity contribution is 0.165. The Labute approximate surface area is 123 Å². The van der Waals surface area contributed by atoms with E-state index in [9.17, 15) is 4.39 Å². The lowest BCUT2D eigenvalue weighted by Gasteiger charge is -2.34. The number of aromatic nitrogens is 1. The molecule has 1 aromatic rings. The zero-order valence-electron chi connectivity index (χ0n) is 11.4. The number of hydrogen-bond donors (Lipinski definition) is 1. The fourth-order valence-corrected chi connectivity index (χ4v) is 2.33. The molecule has 2 rings (SSSR count). The van der Waals surface area contributed by atoms with E-state index in [2.05, 4.69) is 32.8 Å². The topological polar surface area (TPSA) is 28.2 Å². The number of nitrogens with zero attached hydrogens (tertiary/aromatic N) is 2. The molecule has 2 heterocycles. The molecule has 19 heavy (non-hydrogen) atoms. The summed E-state index contributed by atoms with van der Waals surface area (Å²) >= 11 is 3.35. The second kappa shape index (κ2) is 8.15. The molecule has 1 N–H and O–H groups in total. The minimum Gasteiger partial charge on any atom is -0.378 e. The summed E-state index contributed by atoms with van der Waals surface area (Å²) in [6.45, 7) is 8.90. The van der Waals surface area contributed by atoms with Crippen molar-refractivity contribution in [2.45, 2.75) is 32.5 Å². The van der Waals surface area contributed by atoms with Gasteiger partial charge in [-0.05, 0) is 34.6 Å². The lowest BCUT2D eigenvalue weighted by atomic mass is 10.0. The molecule has 3 nitrogen and oxygen atoms in total. The summed E-state index contributed by atoms with van der Waals surface area (Å²) in [6.07, 6.45) is 4.99. The van der Waals surface area contributed by atoms with E-state index in [4.69, 9.17) is 0 Å². The van der Waals surface area contributed by atoms with Gasteiger partial charge in [0.1, 0.15) is 6.17 Å². The van der Waals surface area contributed by atoms with E-state index in [1.54, 1.807) is 18.6 Å². The Balaban J connectivity index is 0.000000861. The monoisotopic (exact) mass is 329 g/mol. The van der Waals surface area contributed by atoms with Gasteiger partial charge in [0.25, 0.3) is 0 Å². The van der Waals surface area contributed by atoms with E-state index in [-0.39, 0.29) is 6.04 Å². The van der Waals surface area contributed by atoms with Crippen LogP contribution in [-0.4, -0.2) is 35.2 Å². The van der Waals surface area contributed by atoms with Crippen LogP contribution in [0, 0.1) is 0 Å². The van der Waals surface area contributed by atoms with Crippen LogP contribution in [0.25, 0.3) is 0 Å². The summed E-state index contributed by atoms with van der Waals surface area (Å²) < 4.78 is 14.8. The van der Waals surface area contributed by atoms with Crippen molar-refractivity contribution < 1.29 is 4.39 Å². The predicted octanol–water partition coefficient (Wildman–Crippen LogP) is 3.84. The third kappa shape index (κ3) is 4.82. The maximum atomic E-state index is 13.9. The van der Waals surface area contributed by atoms with Gasteiger partial charge in [0.15, 0.2) is 0 Å². The minimum absolute atomic E-state index is 0.151. The van der Waals surface area contributed by atoms with Crippen LogP contribution in [0.15, 0.2) is 35.7 Å². The van der Waals surface area contributed by atoms with E-state index in [1.165, 1.54) is 0 Å². The number of rotatable bonds is 3. The summed E-state index contributed by atoms with van der Waals surface area (Å²) in [7, 11) is 0. The van der Waals surface area contributed by atoms with Crippen LogP contribution in [0.2, 0.25) is 0 Å². The maximum absolute atomic E-state index is 13.9. The molecule has 2 atom stereocenters. The van der Waals surface area contributed by atoms with Crippen LogP contribution >= 0.6 is 15.9 Å². The van der Waals surface area contributed by atoms with E-state index in [1.807, 2.05) is 24.8 Å². The second-order valence-corrected chi connectivity index (χ2v) is 5.04. The zero-order valence-corrected chi connectivity index (χ0v) is 13.0. The number of anilines is 1. The average Bonchev–Trinajstić information content (AvgIpc) is 2.43. The fraction of sp³-hybridized carbons (Fsp3) is 0.500. The van der Waals surface area contributed by atoms with Gasteiger partial charge >= 0.3 is 0 Å². The van der Waals surface area contributed by atoms with Gasteiger partial charge in [0.2, 0.25) is 0 Å². The van der Waals surface area contributed by atoms with E-state index >= 15 is 0 Å². The van der Waals surface area contributed by atoms with E-state index in [0.29, 0.717) is 6.54 Å². The van der Waals surface area contributed by atoms with Crippen molar-refractivity contribution in [1.82, 2.24) is 9.88 Å². The van der Waals surface area contributed by atoms with Gasteiger partial charge < -0.3 is 10.2 Å². The van der Waals surface area contributed by atoms with E-state index < -0.39 is 6.17 Å². The SMILES string of the molecule is C=CN1CCC(Nc2cncc(Br)c2)C(F)C1.CC. The summed E-state index contributed by atoms with van der Waals surface area (Å²) in [5.74, 6) is 0. The molecule has 2 unspecified atom stereocenters. The first-order chi connectivity index (χ1) is 9.19. The van der Waals surface area contributed by atoms with Crippen molar-refractivity contribution in [2.24, 2.45) is 0 Å². The third-order valence-electron chi connectivity index (χ3n) is 2.89. The van der Waals surface area contributed by atoms with E-state index in [0.717, 1.165) is 23.1 Å². The Morgan fingerprint density at radius 3 is 2.84 bits per heavy atom. The highest BCUT2D eigenvalue weighted by Gasteiger charge is 2.27. The van der Waals surface area contributed by atoms with Crippen molar-refractivity contribution in [3.05, 3.63) is 35.7 Å². The van der Waals surface area contributed by atoms with Crippen molar-refractivity contribution in [3.8, 4) is 0 Å². The van der Waals surface area contributed by atoms with Crippen molar-refractivity contribution in [2.75, 3.05) is 18.4 Å². The molecular weight excluding hydrogens is 309 g/mol. The molecule has 1 aliphatic heterocycles. The molecule has 5 heteroatoms. The quantitative estimate of drug-likeness (QED) is 0.913. The smallest absolute Gasteiger partial charge is 0.137 e. The largest absolute Gasteiger partial charge is 0.378 e. The first-order valence-corrected chi connectivity index (χ1v) is 7.36. The third-order valence-corrected chi connectivity index (χ3v) is 3.32. The number of halogens is 2. The van der Waals surface area contributed by atoms with Gasteiger partial charge in [0, 0.05) is 17.2 Å². The van der Waals surface area contributed by atoms with Crippen LogP contribution in [-0.2, 0) is 0 Å². The van der Waals surface area contributed by atoms with Gasteiger partial charge in [-0.15, -0.1) is 0 Å². The molecule has 0 aromatic carbocycles. The van der Waals surface area contributed by atoms with Crippen molar-refractivity contribution >= 4 is 21.6 Å². The van der Waals surface area contributed by atoms with Gasteiger partial charge in [0.05, 0.1) is 24.5 Å². The molecule has 0 spiro atoms. The van der Waals surface area contributed by atoms with Gasteiger partial charge in [-0.1, -0.05) is 20.4 Å². The normalized spacial score (nSPS) is 22.2. The van der Waals surface area contributed by atoms with Crippen LogP contribution in [0.4, 0.5) is 10.1 Å². The number of hydrogen-bond acceptors (Lipinski definition) is 3.